The third kappa shape index (κ3) is 6.33. The quantitative estimate of drug-likeness (QED) is 0.0471. The summed E-state index contributed by atoms with van der Waals surface area (Å²) in [7, 11) is 1.88. The summed E-state index contributed by atoms with van der Waals surface area (Å²) in [6, 6.07) is 4.53. The molecule has 1 fully saturated rings. The third-order valence-corrected chi connectivity index (χ3v) is 9.80. The number of oxime groups is 1. The molecule has 0 radical (unpaired) electrons. The fourth-order valence-corrected chi connectivity index (χ4v) is 7.41. The fraction of sp³-hybridized carbons (Fsp3) is 0.370. The largest absolute Gasteiger partial charge is 0.478 e. The van der Waals surface area contributed by atoms with Crippen LogP contribution in [-0.4, -0.2) is 91.0 Å². The van der Waals surface area contributed by atoms with Gasteiger partial charge in [0.05, 0.1) is 6.07 Å². The van der Waals surface area contributed by atoms with Crippen molar-refractivity contribution in [1.29, 1.82) is 0 Å². The molecule has 0 aromatic carbocycles. The number of carbonyl (C=O) groups is 4. The van der Waals surface area contributed by atoms with Gasteiger partial charge in [-0.2, -0.15) is 4.57 Å². The molecule has 0 saturated carbocycles. The summed E-state index contributed by atoms with van der Waals surface area (Å²) in [6.07, 6.45) is 1.28. The van der Waals surface area contributed by atoms with Crippen molar-refractivity contribution in [3.63, 3.8) is 0 Å². The number of hydrogen-bond donors (Lipinski definition) is 6. The first-order valence-electron chi connectivity index (χ1n) is 13.9. The number of fused-ring (bicyclic) bond motifs is 2. The normalized spacial score (nSPS) is 18.7. The Morgan fingerprint density at radius 1 is 1.33 bits per heavy atom. The topological polar surface area (TPSA) is 231 Å². The van der Waals surface area contributed by atoms with Crippen molar-refractivity contribution in [3.8, 4) is 0 Å². The number of nitrogens with one attached hydrogen (secondary N) is 2. The highest BCUT2D eigenvalue weighted by molar-refractivity contribution is 8.00. The Labute approximate surface area is 275 Å². The predicted molar refractivity (Wildman–Crippen MR) is 171 cm³/mol. The van der Waals surface area contributed by atoms with Gasteiger partial charge in [0, 0.05) is 23.9 Å². The molecule has 2 amide bonds. The maximum Gasteiger partial charge on any atom is 0.352 e. The molecule has 2 aliphatic rings. The van der Waals surface area contributed by atoms with E-state index >= 15 is 0 Å². The van der Waals surface area contributed by atoms with Crippen LogP contribution in [0.15, 0.2) is 40.8 Å². The number of nitrogens with zero attached hydrogens (tertiary/aromatic N) is 5. The number of halogens is 1. The lowest BCUT2D eigenvalue weighted by molar-refractivity contribution is -0.663. The summed E-state index contributed by atoms with van der Waals surface area (Å²) >= 11 is 8.33. The first-order chi connectivity index (χ1) is 21.9. The average molecular weight is 693 g/mol. The number of thioether (sulfide) groups is 1. The van der Waals surface area contributed by atoms with Gasteiger partial charge in [0.2, 0.25) is 11.6 Å². The first-order valence-corrected chi connectivity index (χ1v) is 16.2. The maximum absolute atomic E-state index is 13.4. The van der Waals surface area contributed by atoms with Gasteiger partial charge in [-0.05, 0) is 33.0 Å². The molecule has 1 saturated heterocycles. The molecule has 5 heterocycles. The number of thiazole rings is 1. The fourth-order valence-electron chi connectivity index (χ4n) is 5.15. The number of nitrogens with two attached hydrogens (primary N) is 2. The summed E-state index contributed by atoms with van der Waals surface area (Å²) in [5, 5.41) is 28.0. The Kier molecular flexibility index (Phi) is 9.71. The zero-order valence-electron chi connectivity index (χ0n) is 24.6. The number of rotatable bonds is 13. The van der Waals surface area contributed by atoms with E-state index in [0.29, 0.717) is 17.9 Å². The number of aromatic nitrogens is 3. The number of hydrogen-bond acceptors (Lipinski definition) is 12. The highest BCUT2D eigenvalue weighted by Crippen LogP contribution is 2.40. The van der Waals surface area contributed by atoms with E-state index in [1.54, 1.807) is 0 Å². The SMILES string of the molecule is CNCCCn1c(N)cc2c1ccc[n+]2CC1=C(C(=O)O)N2C(=O)[C@@H](NC(=O)C(=NO[C@@H](C)C(=O)O)c3nc(N)sc3Cl)C2SC1. The Morgan fingerprint density at radius 3 is 2.74 bits per heavy atom. The predicted octanol–water partition coefficient (Wildman–Crippen LogP) is 0.445. The number of amides is 2. The maximum atomic E-state index is 13.4. The van der Waals surface area contributed by atoms with Crippen LogP contribution < -0.4 is 26.7 Å². The number of pyridine rings is 1. The average Bonchev–Trinajstić information content (AvgIpc) is 3.52. The van der Waals surface area contributed by atoms with Crippen molar-refractivity contribution in [2.45, 2.75) is 44.0 Å². The summed E-state index contributed by atoms with van der Waals surface area (Å²) in [6.45, 7) is 2.92. The summed E-state index contributed by atoms with van der Waals surface area (Å²) in [4.78, 5) is 60.5. The summed E-state index contributed by atoms with van der Waals surface area (Å²) in [5.41, 5.74) is 13.5. The second-order valence-electron chi connectivity index (χ2n) is 10.4. The molecule has 19 heteroatoms. The minimum atomic E-state index is -1.41. The number of anilines is 2. The van der Waals surface area contributed by atoms with Crippen LogP contribution >= 0.6 is 34.7 Å². The number of nitrogen functional groups attached to an aromatic ring is 2. The van der Waals surface area contributed by atoms with Crippen molar-refractivity contribution in [1.82, 2.24) is 25.1 Å². The van der Waals surface area contributed by atoms with E-state index in [2.05, 4.69) is 20.8 Å². The lowest BCUT2D eigenvalue weighted by Gasteiger charge is -2.49. The van der Waals surface area contributed by atoms with Crippen LogP contribution in [0.25, 0.3) is 11.0 Å². The molecule has 0 spiro atoms. The minimum absolute atomic E-state index is 0.00472. The zero-order chi connectivity index (χ0) is 33.3. The number of β-lactam (4-membered cyclic amide) rings is 1. The van der Waals surface area contributed by atoms with E-state index < -0.39 is 47.0 Å². The van der Waals surface area contributed by atoms with Gasteiger partial charge in [0.15, 0.2) is 23.6 Å². The lowest BCUT2D eigenvalue weighted by Crippen LogP contribution is -2.71. The van der Waals surface area contributed by atoms with Crippen LogP contribution in [0, 0.1) is 0 Å². The Bertz CT molecular complexity index is 1790. The van der Waals surface area contributed by atoms with Crippen molar-refractivity contribution in [3.05, 3.63) is 45.7 Å². The molecule has 2 aliphatic heterocycles. The van der Waals surface area contributed by atoms with Crippen molar-refractivity contribution < 1.29 is 38.8 Å². The van der Waals surface area contributed by atoms with Gasteiger partial charge in [-0.15, -0.1) is 11.8 Å². The van der Waals surface area contributed by atoms with E-state index in [4.69, 9.17) is 33.0 Å². The van der Waals surface area contributed by atoms with Crippen molar-refractivity contribution >= 4 is 86.1 Å². The van der Waals surface area contributed by atoms with Crippen molar-refractivity contribution in [2.75, 3.05) is 30.8 Å². The minimum Gasteiger partial charge on any atom is -0.478 e. The van der Waals surface area contributed by atoms with Gasteiger partial charge in [-0.3, -0.25) is 14.5 Å². The molecule has 0 aliphatic carbocycles. The van der Waals surface area contributed by atoms with Crippen LogP contribution in [0.3, 0.4) is 0 Å². The van der Waals surface area contributed by atoms with Gasteiger partial charge in [0.1, 0.15) is 38.5 Å². The summed E-state index contributed by atoms with van der Waals surface area (Å²) < 4.78 is 3.90. The lowest BCUT2D eigenvalue weighted by atomic mass is 10.0. The molecule has 8 N–H and O–H groups in total. The van der Waals surface area contributed by atoms with E-state index in [1.807, 2.05) is 40.6 Å². The van der Waals surface area contributed by atoms with E-state index in [0.717, 1.165) is 40.2 Å². The van der Waals surface area contributed by atoms with Crippen LogP contribution in [0.4, 0.5) is 10.9 Å². The number of carboxylic acid groups (broad SMARTS) is 2. The van der Waals surface area contributed by atoms with Gasteiger partial charge in [-0.25, -0.2) is 14.6 Å². The molecule has 46 heavy (non-hydrogen) atoms. The van der Waals surface area contributed by atoms with Gasteiger partial charge in [0.25, 0.3) is 11.8 Å². The molecule has 244 valence electrons. The molecule has 0 bridgehead atoms. The number of carbonyl (C=O) groups excluding carboxylic acids is 2. The second-order valence-corrected chi connectivity index (χ2v) is 13.1. The van der Waals surface area contributed by atoms with Gasteiger partial charge < -0.3 is 41.7 Å². The smallest absolute Gasteiger partial charge is 0.352 e. The van der Waals surface area contributed by atoms with Crippen LogP contribution in [0.5, 0.6) is 0 Å². The summed E-state index contributed by atoms with van der Waals surface area (Å²) in [5.74, 6) is -3.35. The van der Waals surface area contributed by atoms with E-state index in [9.17, 15) is 24.3 Å². The molecule has 1 unspecified atom stereocenters. The number of aryl methyl sites for hydroxylation is 1. The van der Waals surface area contributed by atoms with Crippen LogP contribution in [0.1, 0.15) is 19.0 Å². The van der Waals surface area contributed by atoms with E-state index in [-0.39, 0.29) is 33.2 Å². The molecule has 16 nitrogen and oxygen atoms in total. The number of aliphatic carboxylic acids is 2. The molecule has 3 aromatic rings. The third-order valence-electron chi connectivity index (χ3n) is 7.38. The molecular formula is C27H31ClN9O7S2+. The monoisotopic (exact) mass is 692 g/mol. The van der Waals surface area contributed by atoms with Gasteiger partial charge >= 0.3 is 11.9 Å². The standard InChI is InChI=1S/C27H30ClN9O7S2/c1-12(25(40)41)44-34-18(17-21(28)46-27(30)33-17)22(38)32-19-23(39)37-20(26(42)43)13(11-45-24(19)37)10-35-7-3-5-14-15(35)9-16(29)36(14)8-4-6-31-2/h3,5,7,9,12,19,24,29,31H,4,6,8,10-11H2,1-2H3,(H5,30,32,33,38,40,41,42,43)/p+1/t12-,19+,24?/m0/s1. The first kappa shape index (κ1) is 33.0. The molecule has 5 rings (SSSR count). The Hall–Kier alpha value is -4.39. The molecule has 3 aromatic heterocycles. The van der Waals surface area contributed by atoms with Crippen LogP contribution in [-0.2, 0) is 37.1 Å². The highest BCUT2D eigenvalue weighted by atomic mass is 35.5. The van der Waals surface area contributed by atoms with E-state index in [1.165, 1.54) is 18.7 Å². The number of carboxylic acids is 2. The van der Waals surface area contributed by atoms with Crippen LogP contribution in [0.2, 0.25) is 4.34 Å². The zero-order valence-corrected chi connectivity index (χ0v) is 27.0. The Morgan fingerprint density at radius 2 is 2.09 bits per heavy atom. The Balaban J connectivity index is 1.38. The second kappa shape index (κ2) is 13.5. The molecule has 3 atom stereocenters. The molecular weight excluding hydrogens is 662 g/mol. The van der Waals surface area contributed by atoms with Crippen molar-refractivity contribution in [2.24, 2.45) is 5.16 Å². The van der Waals surface area contributed by atoms with Gasteiger partial charge in [-0.1, -0.05) is 28.1 Å². The highest BCUT2D eigenvalue weighted by Gasteiger charge is 2.55.